The van der Waals surface area contributed by atoms with Crippen LogP contribution in [0.5, 0.6) is 0 Å². The number of allylic oxidation sites excluding steroid dienone is 4. The van der Waals surface area contributed by atoms with Crippen LogP contribution in [0.2, 0.25) is 0 Å². The quantitative estimate of drug-likeness (QED) is 0.524. The van der Waals surface area contributed by atoms with Gasteiger partial charge in [0.15, 0.2) is 0 Å². The molecule has 5 rings (SSSR count). The number of hydrogen-bond acceptors (Lipinski definition) is 5. The van der Waals surface area contributed by atoms with Crippen LogP contribution in [0.4, 0.5) is 17.5 Å². The molecule has 1 aromatic heterocycles. The largest absolute Gasteiger partial charge is 0.481 e. The normalized spacial score (nSPS) is 21.8. The molecule has 3 aliphatic carbocycles. The van der Waals surface area contributed by atoms with Crippen molar-refractivity contribution in [1.82, 2.24) is 9.97 Å². The van der Waals surface area contributed by atoms with E-state index in [4.69, 9.17) is 9.97 Å². The van der Waals surface area contributed by atoms with Crippen molar-refractivity contribution in [2.24, 2.45) is 0 Å². The first-order chi connectivity index (χ1) is 15.6. The Morgan fingerprint density at radius 2 is 1.81 bits per heavy atom. The number of carboxylic acids is 1. The lowest BCUT2D eigenvalue weighted by Crippen LogP contribution is -2.42. The van der Waals surface area contributed by atoms with Crippen molar-refractivity contribution in [1.29, 1.82) is 0 Å². The van der Waals surface area contributed by atoms with Crippen molar-refractivity contribution in [3.63, 3.8) is 0 Å². The van der Waals surface area contributed by atoms with Gasteiger partial charge in [0, 0.05) is 23.7 Å². The summed E-state index contributed by atoms with van der Waals surface area (Å²) in [6.45, 7) is 0. The molecule has 2 saturated carbocycles. The average Bonchev–Trinajstić information content (AvgIpc) is 3.27. The molecule has 1 unspecified atom stereocenters. The van der Waals surface area contributed by atoms with E-state index in [0.717, 1.165) is 35.6 Å². The van der Waals surface area contributed by atoms with Crippen LogP contribution in [0, 0.1) is 0 Å². The number of benzene rings is 1. The van der Waals surface area contributed by atoms with Gasteiger partial charge in [-0.1, -0.05) is 55.7 Å². The number of anilines is 3. The summed E-state index contributed by atoms with van der Waals surface area (Å²) in [5.74, 6) is 0.945. The Bertz CT molecular complexity index is 1030. The second kappa shape index (κ2) is 8.77. The Labute approximate surface area is 188 Å². The number of aliphatic carboxylic acids is 1. The van der Waals surface area contributed by atoms with Gasteiger partial charge in [-0.2, -0.15) is 4.98 Å². The summed E-state index contributed by atoms with van der Waals surface area (Å²) in [5, 5.41) is 16.6. The van der Waals surface area contributed by atoms with Gasteiger partial charge in [-0.25, -0.2) is 4.98 Å². The number of hydrogen-bond donors (Lipinski definition) is 3. The first-order valence-corrected chi connectivity index (χ1v) is 11.7. The van der Waals surface area contributed by atoms with Crippen LogP contribution < -0.4 is 10.6 Å². The van der Waals surface area contributed by atoms with Gasteiger partial charge >= 0.3 is 5.97 Å². The summed E-state index contributed by atoms with van der Waals surface area (Å²) in [6, 6.07) is 10.3. The first kappa shape index (κ1) is 20.7. The summed E-state index contributed by atoms with van der Waals surface area (Å²) in [6.07, 6.45) is 16.7. The number of carboxylic acid groups (broad SMARTS) is 1. The van der Waals surface area contributed by atoms with Gasteiger partial charge in [-0.15, -0.1) is 0 Å². The molecule has 0 spiro atoms. The fourth-order valence-electron chi connectivity index (χ4n) is 5.02. The average molecular weight is 431 g/mol. The zero-order chi connectivity index (χ0) is 22.0. The maximum atomic E-state index is 11.8. The molecule has 3 aliphatic rings. The van der Waals surface area contributed by atoms with Gasteiger partial charge in [-0.3, -0.25) is 4.79 Å². The molecular weight excluding hydrogens is 400 g/mol. The molecule has 0 bridgehead atoms. The molecule has 6 nitrogen and oxygen atoms in total. The van der Waals surface area contributed by atoms with Crippen LogP contribution in [0.1, 0.15) is 68.5 Å². The van der Waals surface area contributed by atoms with Crippen molar-refractivity contribution < 1.29 is 9.90 Å². The van der Waals surface area contributed by atoms with Gasteiger partial charge < -0.3 is 15.7 Å². The Morgan fingerprint density at radius 1 is 1.03 bits per heavy atom. The van der Waals surface area contributed by atoms with E-state index >= 15 is 0 Å². The van der Waals surface area contributed by atoms with Gasteiger partial charge in [0.2, 0.25) is 5.95 Å². The van der Waals surface area contributed by atoms with Crippen LogP contribution >= 0.6 is 0 Å². The molecule has 0 radical (unpaired) electrons. The van der Waals surface area contributed by atoms with Crippen LogP contribution in [-0.4, -0.2) is 27.1 Å². The maximum Gasteiger partial charge on any atom is 0.314 e. The standard InChI is InChI=1S/C26H30N4O2/c31-24(32)26(15-6-16-26)19-11-13-21(14-12-19)28-25-29-22(18-7-2-1-3-8-18)17-23(30-25)27-20-9-4-5-10-20/h1-3,7,11-14,17-18,20H,4-6,8-10,15-16H2,(H,31,32)(H2,27,28,29,30). The summed E-state index contributed by atoms with van der Waals surface area (Å²) >= 11 is 0. The SMILES string of the molecule is O=C(O)C1(c2ccc(Nc3nc(NC4CCCC4)cc(C4C=CC=CC4)n3)cc2)CCC1. The number of carbonyl (C=O) groups is 1. The van der Waals surface area contributed by atoms with Gasteiger partial charge in [0.1, 0.15) is 5.82 Å². The van der Waals surface area contributed by atoms with E-state index in [2.05, 4.69) is 41.0 Å². The molecular formula is C26H30N4O2. The minimum absolute atomic E-state index is 0.240. The van der Waals surface area contributed by atoms with Gasteiger partial charge in [0.25, 0.3) is 0 Å². The lowest BCUT2D eigenvalue weighted by molar-refractivity contribution is -0.147. The highest BCUT2D eigenvalue weighted by Crippen LogP contribution is 2.44. The smallest absolute Gasteiger partial charge is 0.314 e. The fourth-order valence-corrected chi connectivity index (χ4v) is 5.02. The highest BCUT2D eigenvalue weighted by molar-refractivity contribution is 5.82. The maximum absolute atomic E-state index is 11.8. The van der Waals surface area contributed by atoms with Crippen molar-refractivity contribution in [2.45, 2.75) is 68.7 Å². The predicted molar refractivity (Wildman–Crippen MR) is 126 cm³/mol. The molecule has 166 valence electrons. The van der Waals surface area contributed by atoms with Crippen LogP contribution in [-0.2, 0) is 10.2 Å². The molecule has 32 heavy (non-hydrogen) atoms. The van der Waals surface area contributed by atoms with E-state index in [0.29, 0.717) is 24.8 Å². The highest BCUT2D eigenvalue weighted by Gasteiger charge is 2.45. The lowest BCUT2D eigenvalue weighted by Gasteiger charge is -2.38. The molecule has 1 atom stereocenters. The monoisotopic (exact) mass is 430 g/mol. The van der Waals surface area contributed by atoms with Crippen molar-refractivity contribution >= 4 is 23.4 Å². The van der Waals surface area contributed by atoms with Gasteiger partial charge in [-0.05, 0) is 49.8 Å². The molecule has 1 aromatic carbocycles. The van der Waals surface area contributed by atoms with E-state index in [9.17, 15) is 9.90 Å². The third kappa shape index (κ3) is 4.14. The Balaban J connectivity index is 1.38. The van der Waals surface area contributed by atoms with E-state index in [-0.39, 0.29) is 5.92 Å². The first-order valence-electron chi connectivity index (χ1n) is 11.7. The van der Waals surface area contributed by atoms with E-state index in [1.54, 1.807) is 0 Å². The van der Waals surface area contributed by atoms with E-state index < -0.39 is 11.4 Å². The molecule has 0 amide bonds. The van der Waals surface area contributed by atoms with Crippen molar-refractivity contribution in [2.75, 3.05) is 10.6 Å². The number of nitrogens with zero attached hydrogens (tertiary/aromatic N) is 2. The number of aromatic nitrogens is 2. The second-order valence-electron chi connectivity index (χ2n) is 9.23. The summed E-state index contributed by atoms with van der Waals surface area (Å²) < 4.78 is 0. The van der Waals surface area contributed by atoms with Crippen molar-refractivity contribution in [3.8, 4) is 0 Å². The minimum atomic E-state index is -0.724. The van der Waals surface area contributed by atoms with Crippen LogP contribution in [0.15, 0.2) is 54.6 Å². The number of rotatable bonds is 7. The molecule has 6 heteroatoms. The summed E-state index contributed by atoms with van der Waals surface area (Å²) in [7, 11) is 0. The number of nitrogens with one attached hydrogen (secondary N) is 2. The lowest BCUT2D eigenvalue weighted by atomic mass is 9.64. The summed E-state index contributed by atoms with van der Waals surface area (Å²) in [5.41, 5.74) is 2.02. The molecule has 2 aromatic rings. The van der Waals surface area contributed by atoms with Crippen molar-refractivity contribution in [3.05, 3.63) is 65.9 Å². The molecule has 0 saturated heterocycles. The molecule has 2 fully saturated rings. The topological polar surface area (TPSA) is 87.1 Å². The third-order valence-corrected chi connectivity index (χ3v) is 7.12. The molecule has 1 heterocycles. The predicted octanol–water partition coefficient (Wildman–Crippen LogP) is 5.68. The zero-order valence-electron chi connectivity index (χ0n) is 18.3. The third-order valence-electron chi connectivity index (χ3n) is 7.12. The summed E-state index contributed by atoms with van der Waals surface area (Å²) in [4.78, 5) is 21.4. The minimum Gasteiger partial charge on any atom is -0.481 e. The fraction of sp³-hybridized carbons (Fsp3) is 0.423. The second-order valence-corrected chi connectivity index (χ2v) is 9.23. The Hall–Kier alpha value is -3.15. The van der Waals surface area contributed by atoms with Crippen LogP contribution in [0.3, 0.4) is 0 Å². The van der Waals surface area contributed by atoms with Crippen LogP contribution in [0.25, 0.3) is 0 Å². The molecule has 3 N–H and O–H groups in total. The van der Waals surface area contributed by atoms with E-state index in [1.807, 2.05) is 24.3 Å². The zero-order valence-corrected chi connectivity index (χ0v) is 18.3. The molecule has 0 aliphatic heterocycles. The highest BCUT2D eigenvalue weighted by atomic mass is 16.4. The Kier molecular flexibility index (Phi) is 5.68. The van der Waals surface area contributed by atoms with Gasteiger partial charge in [0.05, 0.1) is 11.1 Å². The van der Waals surface area contributed by atoms with E-state index in [1.165, 1.54) is 25.7 Å². The Morgan fingerprint density at radius 3 is 2.44 bits per heavy atom.